The Morgan fingerprint density at radius 2 is 1.12 bits per heavy atom. The lowest BCUT2D eigenvalue weighted by Crippen LogP contribution is -2.01. The van der Waals surface area contributed by atoms with Gasteiger partial charge in [0.05, 0.1) is 19.8 Å². The van der Waals surface area contributed by atoms with Gasteiger partial charge in [-0.05, 0) is 91.7 Å². The van der Waals surface area contributed by atoms with Gasteiger partial charge in [-0.1, -0.05) is 120 Å². The number of para-hydroxylation sites is 3. The van der Waals surface area contributed by atoms with Crippen molar-refractivity contribution in [1.82, 2.24) is 0 Å². The highest BCUT2D eigenvalue weighted by atomic mass is 35.5. The fraction of sp³-hybridized carbons (Fsp3) is 0.0455. The Kier molecular flexibility index (Phi) is 10.8. The molecule has 0 aliphatic heterocycles. The van der Waals surface area contributed by atoms with Crippen LogP contribution in [0.3, 0.4) is 0 Å². The first-order valence-corrected chi connectivity index (χ1v) is 19.0. The molecule has 2 aromatic heterocycles. The number of aryl methyl sites for hydroxylation is 2. The van der Waals surface area contributed by atoms with Gasteiger partial charge in [-0.25, -0.2) is 0 Å². The summed E-state index contributed by atoms with van der Waals surface area (Å²) >= 11 is 26.2. The van der Waals surface area contributed by atoms with Crippen molar-refractivity contribution in [2.75, 3.05) is 10.6 Å². The Bertz CT molecular complexity index is 2550. The van der Waals surface area contributed by atoms with Crippen LogP contribution < -0.4 is 10.6 Å². The molecule has 0 amide bonds. The Hall–Kier alpha value is -4.82. The summed E-state index contributed by atoms with van der Waals surface area (Å²) in [5.74, 6) is 0.655. The first-order valence-electron chi connectivity index (χ1n) is 16.5. The van der Waals surface area contributed by atoms with Gasteiger partial charge < -0.3 is 15.1 Å². The van der Waals surface area contributed by atoms with E-state index in [1.165, 1.54) is 21.2 Å². The molecule has 0 saturated heterocycles. The topological polar surface area (TPSA) is 37.2 Å². The van der Waals surface area contributed by atoms with Crippen LogP contribution in [0.2, 0.25) is 10.0 Å². The summed E-state index contributed by atoms with van der Waals surface area (Å²) in [4.78, 5) is 1.39. The van der Waals surface area contributed by atoms with Crippen LogP contribution in [0.15, 0.2) is 149 Å². The molecule has 0 bridgehead atoms. The standard InChI is InChI=1S/C22H16ClNOS.C22H16ClNS2/c1-14-6-2-4-8-19(14)24-16-10-11-17(18(23)13-16)22(26)21-12-15-7-3-5-9-20(15)25-21;1-14-6-2-4-8-20(14)24-15-10-11-17(19(23)12-15)22(25)18-13-26-21-9-5-3-7-16(18)21/h2*2-13,24H,1H3. The second-order valence-electron chi connectivity index (χ2n) is 12.2. The molecule has 8 rings (SSSR count). The van der Waals surface area contributed by atoms with Gasteiger partial charge in [0, 0.05) is 60.3 Å². The van der Waals surface area contributed by atoms with Crippen molar-refractivity contribution in [3.63, 3.8) is 0 Å². The Labute approximate surface area is 327 Å². The molecular formula is C44H32Cl2N2OS3. The summed E-state index contributed by atoms with van der Waals surface area (Å²) in [5, 5.41) is 12.4. The monoisotopic (exact) mass is 770 g/mol. The highest BCUT2D eigenvalue weighted by molar-refractivity contribution is 7.81. The lowest BCUT2D eigenvalue weighted by atomic mass is 10.0. The van der Waals surface area contributed by atoms with Gasteiger partial charge in [0.1, 0.15) is 11.3 Å². The van der Waals surface area contributed by atoms with Crippen molar-refractivity contribution < 1.29 is 4.42 Å². The number of fused-ring (bicyclic) bond motifs is 2. The number of hydrogen-bond donors (Lipinski definition) is 2. The number of rotatable bonds is 8. The molecule has 0 fully saturated rings. The lowest BCUT2D eigenvalue weighted by molar-refractivity contribution is 0.607. The van der Waals surface area contributed by atoms with E-state index in [4.69, 9.17) is 52.1 Å². The predicted molar refractivity (Wildman–Crippen MR) is 231 cm³/mol. The van der Waals surface area contributed by atoms with Crippen LogP contribution in [0, 0.1) is 13.8 Å². The third kappa shape index (κ3) is 7.82. The van der Waals surface area contributed by atoms with Gasteiger partial charge in [-0.15, -0.1) is 11.3 Å². The van der Waals surface area contributed by atoms with E-state index in [0.29, 0.717) is 20.7 Å². The number of anilines is 4. The van der Waals surface area contributed by atoms with Crippen LogP contribution in [-0.2, 0) is 0 Å². The normalized spacial score (nSPS) is 10.8. The van der Waals surface area contributed by atoms with Crippen molar-refractivity contribution in [2.24, 2.45) is 0 Å². The van der Waals surface area contributed by atoms with Gasteiger partial charge in [-0.3, -0.25) is 0 Å². The smallest absolute Gasteiger partial charge is 0.146 e. The number of thiocarbonyl (C=S) groups is 2. The Balaban J connectivity index is 0.000000162. The number of benzene rings is 6. The first kappa shape index (κ1) is 35.6. The third-order valence-corrected chi connectivity index (χ3v) is 11.1. The number of hydrogen-bond acceptors (Lipinski definition) is 6. The van der Waals surface area contributed by atoms with Gasteiger partial charge in [0.2, 0.25) is 0 Å². The Morgan fingerprint density at radius 3 is 1.71 bits per heavy atom. The maximum Gasteiger partial charge on any atom is 0.146 e. The summed E-state index contributed by atoms with van der Waals surface area (Å²) in [6.07, 6.45) is 0. The maximum absolute atomic E-state index is 6.57. The molecule has 0 aliphatic rings. The van der Waals surface area contributed by atoms with Crippen LogP contribution in [0.5, 0.6) is 0 Å². The lowest BCUT2D eigenvalue weighted by Gasteiger charge is -2.12. The van der Waals surface area contributed by atoms with Gasteiger partial charge >= 0.3 is 0 Å². The highest BCUT2D eigenvalue weighted by Crippen LogP contribution is 2.33. The minimum absolute atomic E-state index is 0.592. The molecule has 0 spiro atoms. The minimum Gasteiger partial charge on any atom is -0.455 e. The van der Waals surface area contributed by atoms with Crippen LogP contribution in [0.1, 0.15) is 33.6 Å². The van der Waals surface area contributed by atoms with Crippen LogP contribution in [0.4, 0.5) is 22.7 Å². The zero-order valence-electron chi connectivity index (χ0n) is 28.2. The molecule has 0 radical (unpaired) electrons. The van der Waals surface area contributed by atoms with Crippen LogP contribution in [-0.4, -0.2) is 9.73 Å². The average molecular weight is 772 g/mol. The second kappa shape index (κ2) is 15.8. The summed E-state index contributed by atoms with van der Waals surface area (Å²) in [7, 11) is 0. The van der Waals surface area contributed by atoms with Crippen molar-refractivity contribution in [3.05, 3.63) is 189 Å². The van der Waals surface area contributed by atoms with E-state index in [2.05, 4.69) is 60.2 Å². The molecule has 52 heavy (non-hydrogen) atoms. The minimum atomic E-state index is 0.592. The zero-order valence-corrected chi connectivity index (χ0v) is 32.2. The summed E-state index contributed by atoms with van der Waals surface area (Å²) in [6.45, 7) is 4.14. The van der Waals surface area contributed by atoms with Crippen molar-refractivity contribution >= 4 is 113 Å². The fourth-order valence-electron chi connectivity index (χ4n) is 5.82. The largest absolute Gasteiger partial charge is 0.455 e. The van der Waals surface area contributed by atoms with E-state index in [0.717, 1.165) is 55.3 Å². The molecule has 8 aromatic rings. The third-order valence-electron chi connectivity index (χ3n) is 8.65. The fourth-order valence-corrected chi connectivity index (χ4v) is 8.13. The van der Waals surface area contributed by atoms with Crippen LogP contribution >= 0.6 is 59.0 Å². The Morgan fingerprint density at radius 1 is 0.577 bits per heavy atom. The van der Waals surface area contributed by atoms with Gasteiger partial charge in [0.15, 0.2) is 0 Å². The van der Waals surface area contributed by atoms with Gasteiger partial charge in [-0.2, -0.15) is 0 Å². The maximum atomic E-state index is 6.57. The molecule has 0 aliphatic carbocycles. The molecule has 0 unspecified atom stereocenters. The summed E-state index contributed by atoms with van der Waals surface area (Å²) < 4.78 is 7.10. The zero-order chi connectivity index (χ0) is 36.2. The SMILES string of the molecule is Cc1ccccc1Nc1ccc(C(=S)c2cc3ccccc3o2)c(Cl)c1.Cc1ccccc1Nc1ccc(C(=S)c2csc3ccccc23)c(Cl)c1. The average Bonchev–Trinajstić information content (AvgIpc) is 3.79. The van der Waals surface area contributed by atoms with Crippen molar-refractivity contribution in [1.29, 1.82) is 0 Å². The number of halogens is 2. The number of furan rings is 1. The molecule has 2 heterocycles. The van der Waals surface area contributed by atoms with Crippen LogP contribution in [0.25, 0.3) is 21.1 Å². The summed E-state index contributed by atoms with van der Waals surface area (Å²) in [5.41, 5.74) is 9.92. The molecular weight excluding hydrogens is 740 g/mol. The number of thiophene rings is 1. The molecule has 0 atom stereocenters. The predicted octanol–water partition coefficient (Wildman–Crippen LogP) is 14.3. The highest BCUT2D eigenvalue weighted by Gasteiger charge is 2.16. The molecule has 3 nitrogen and oxygen atoms in total. The van der Waals surface area contributed by atoms with Gasteiger partial charge in [0.25, 0.3) is 0 Å². The second-order valence-corrected chi connectivity index (χ2v) is 14.8. The van der Waals surface area contributed by atoms with E-state index in [1.807, 2.05) is 109 Å². The van der Waals surface area contributed by atoms with Crippen molar-refractivity contribution in [3.8, 4) is 0 Å². The van der Waals surface area contributed by atoms with Crippen molar-refractivity contribution in [2.45, 2.75) is 13.8 Å². The van der Waals surface area contributed by atoms with E-state index in [9.17, 15) is 0 Å². The van der Waals surface area contributed by atoms with E-state index < -0.39 is 0 Å². The van der Waals surface area contributed by atoms with E-state index >= 15 is 0 Å². The molecule has 2 N–H and O–H groups in total. The molecule has 0 saturated carbocycles. The quantitative estimate of drug-likeness (QED) is 0.119. The molecule has 6 aromatic carbocycles. The first-order chi connectivity index (χ1) is 25.2. The summed E-state index contributed by atoms with van der Waals surface area (Å²) in [6, 6.07) is 46.2. The van der Waals surface area contributed by atoms with E-state index in [-0.39, 0.29) is 0 Å². The van der Waals surface area contributed by atoms with E-state index in [1.54, 1.807) is 11.3 Å². The molecule has 256 valence electrons. The molecule has 8 heteroatoms. The number of nitrogens with one attached hydrogen (secondary N) is 2.